The summed E-state index contributed by atoms with van der Waals surface area (Å²) in [5.74, 6) is -0.280. The summed E-state index contributed by atoms with van der Waals surface area (Å²) in [5, 5.41) is 12.2. The van der Waals surface area contributed by atoms with Crippen molar-refractivity contribution in [2.75, 3.05) is 24.6 Å². The summed E-state index contributed by atoms with van der Waals surface area (Å²) in [6.45, 7) is 1.67. The smallest absolute Gasteiger partial charge is 0.407 e. The third kappa shape index (κ3) is 4.26. The van der Waals surface area contributed by atoms with Gasteiger partial charge in [-0.25, -0.2) is 14.6 Å². The van der Waals surface area contributed by atoms with E-state index >= 15 is 0 Å². The van der Waals surface area contributed by atoms with Gasteiger partial charge in [-0.1, -0.05) is 48.5 Å². The van der Waals surface area contributed by atoms with Crippen molar-refractivity contribution in [3.05, 3.63) is 83.6 Å². The second-order valence-corrected chi connectivity index (χ2v) is 8.44. The highest BCUT2D eigenvalue weighted by molar-refractivity contribution is 5.88. The minimum absolute atomic E-state index is 0.0135. The molecular weight excluding hydrogens is 418 g/mol. The van der Waals surface area contributed by atoms with Crippen LogP contribution in [0.25, 0.3) is 11.1 Å². The van der Waals surface area contributed by atoms with Crippen molar-refractivity contribution in [1.29, 1.82) is 0 Å². The predicted octanol–water partition coefficient (Wildman–Crippen LogP) is 4.29. The zero-order chi connectivity index (χ0) is 22.8. The van der Waals surface area contributed by atoms with Gasteiger partial charge in [-0.3, -0.25) is 0 Å². The Labute approximate surface area is 192 Å². The maximum absolute atomic E-state index is 12.5. The molecule has 0 saturated carbocycles. The molecule has 0 spiro atoms. The molecule has 1 aromatic heterocycles. The molecule has 2 aliphatic rings. The predicted molar refractivity (Wildman–Crippen MR) is 125 cm³/mol. The van der Waals surface area contributed by atoms with Crippen molar-refractivity contribution < 1.29 is 19.4 Å². The number of carbonyl (C=O) groups excluding carboxylic acids is 1. The average Bonchev–Trinajstić information content (AvgIpc) is 3.17. The monoisotopic (exact) mass is 443 g/mol. The Hall–Kier alpha value is -3.87. The SMILES string of the molecule is O=C(NC1CCN(c2cc(C(=O)O)ccn2)CC1)OCC1c2ccccc2-c2ccccc21. The Balaban J connectivity index is 1.16. The second kappa shape index (κ2) is 8.94. The van der Waals surface area contributed by atoms with Crippen molar-refractivity contribution in [2.24, 2.45) is 0 Å². The van der Waals surface area contributed by atoms with Crippen LogP contribution in [0.5, 0.6) is 0 Å². The lowest BCUT2D eigenvalue weighted by Crippen LogP contribution is -2.45. The molecule has 0 bridgehead atoms. The van der Waals surface area contributed by atoms with Crippen molar-refractivity contribution in [1.82, 2.24) is 10.3 Å². The summed E-state index contributed by atoms with van der Waals surface area (Å²) in [6, 6.07) is 19.6. The number of alkyl carbamates (subject to hydrolysis) is 1. The summed E-state index contributed by atoms with van der Waals surface area (Å²) in [4.78, 5) is 30.1. The third-order valence-corrected chi connectivity index (χ3v) is 6.48. The molecule has 0 unspecified atom stereocenters. The van der Waals surface area contributed by atoms with E-state index < -0.39 is 12.1 Å². The van der Waals surface area contributed by atoms with Gasteiger partial charge in [-0.15, -0.1) is 0 Å². The summed E-state index contributed by atoms with van der Waals surface area (Å²) in [7, 11) is 0. The Kier molecular flexibility index (Phi) is 5.69. The summed E-state index contributed by atoms with van der Waals surface area (Å²) in [5.41, 5.74) is 5.01. The van der Waals surface area contributed by atoms with Crippen LogP contribution in [-0.4, -0.2) is 47.9 Å². The van der Waals surface area contributed by atoms with Gasteiger partial charge in [0.05, 0.1) is 5.56 Å². The highest BCUT2D eigenvalue weighted by atomic mass is 16.5. The maximum Gasteiger partial charge on any atom is 0.407 e. The van der Waals surface area contributed by atoms with Crippen LogP contribution in [0.15, 0.2) is 66.9 Å². The van der Waals surface area contributed by atoms with Gasteiger partial charge < -0.3 is 20.1 Å². The van der Waals surface area contributed by atoms with Crippen LogP contribution < -0.4 is 10.2 Å². The molecule has 1 amide bonds. The third-order valence-electron chi connectivity index (χ3n) is 6.48. The van der Waals surface area contributed by atoms with Crippen LogP contribution in [0.4, 0.5) is 10.6 Å². The molecule has 3 aromatic rings. The maximum atomic E-state index is 12.5. The Morgan fingerprint density at radius 2 is 1.64 bits per heavy atom. The Morgan fingerprint density at radius 3 is 2.27 bits per heavy atom. The first-order valence-electron chi connectivity index (χ1n) is 11.2. The number of aromatic carboxylic acids is 1. The fourth-order valence-corrected chi connectivity index (χ4v) is 4.78. The van der Waals surface area contributed by atoms with Crippen LogP contribution in [0.1, 0.15) is 40.2 Å². The number of carboxylic acids is 1. The largest absolute Gasteiger partial charge is 0.478 e. The van der Waals surface area contributed by atoms with Crippen molar-refractivity contribution >= 4 is 17.9 Å². The number of carbonyl (C=O) groups is 2. The van der Waals surface area contributed by atoms with Crippen LogP contribution in [0.2, 0.25) is 0 Å². The lowest BCUT2D eigenvalue weighted by atomic mass is 9.98. The van der Waals surface area contributed by atoms with Gasteiger partial charge in [0, 0.05) is 31.2 Å². The van der Waals surface area contributed by atoms with E-state index in [0.29, 0.717) is 25.5 Å². The number of ether oxygens (including phenoxy) is 1. The highest BCUT2D eigenvalue weighted by Crippen LogP contribution is 2.44. The quantitative estimate of drug-likeness (QED) is 0.611. The average molecular weight is 444 g/mol. The molecule has 0 radical (unpaired) electrons. The molecular formula is C26H25N3O4. The Bertz CT molecular complexity index is 1140. The molecule has 5 rings (SSSR count). The topological polar surface area (TPSA) is 91.8 Å². The number of aromatic nitrogens is 1. The van der Waals surface area contributed by atoms with E-state index in [1.165, 1.54) is 34.5 Å². The van der Waals surface area contributed by atoms with Gasteiger partial charge in [0.2, 0.25) is 0 Å². The molecule has 1 aliphatic carbocycles. The molecule has 1 aliphatic heterocycles. The number of fused-ring (bicyclic) bond motifs is 3. The summed E-state index contributed by atoms with van der Waals surface area (Å²) < 4.78 is 5.65. The van der Waals surface area contributed by atoms with Gasteiger partial charge in [0.1, 0.15) is 12.4 Å². The van der Waals surface area contributed by atoms with E-state index in [2.05, 4.69) is 34.6 Å². The van der Waals surface area contributed by atoms with Gasteiger partial charge >= 0.3 is 12.1 Å². The lowest BCUT2D eigenvalue weighted by molar-refractivity contribution is 0.0696. The summed E-state index contributed by atoms with van der Waals surface area (Å²) in [6.07, 6.45) is 2.59. The molecule has 1 fully saturated rings. The van der Waals surface area contributed by atoms with Gasteiger partial charge in [-0.2, -0.15) is 0 Å². The fraction of sp³-hybridized carbons (Fsp3) is 0.269. The molecule has 2 heterocycles. The summed E-state index contributed by atoms with van der Waals surface area (Å²) >= 11 is 0. The molecule has 7 nitrogen and oxygen atoms in total. The van der Waals surface area contributed by atoms with Crippen molar-refractivity contribution in [3.63, 3.8) is 0 Å². The van der Waals surface area contributed by atoms with E-state index in [0.717, 1.165) is 12.8 Å². The Morgan fingerprint density at radius 1 is 1.00 bits per heavy atom. The number of anilines is 1. The number of piperidine rings is 1. The van der Waals surface area contributed by atoms with Gasteiger partial charge in [0.25, 0.3) is 0 Å². The first-order chi connectivity index (χ1) is 16.1. The molecule has 7 heteroatoms. The standard InChI is InChI=1S/C26H25N3O4/c30-25(31)17-9-12-27-24(15-17)29-13-10-18(11-14-29)28-26(32)33-16-23-21-7-3-1-5-19(21)20-6-2-4-8-22(20)23/h1-9,12,15,18,23H,10-11,13-14,16H2,(H,28,32)(H,30,31). The minimum Gasteiger partial charge on any atom is -0.478 e. The number of hydrogen-bond donors (Lipinski definition) is 2. The zero-order valence-electron chi connectivity index (χ0n) is 18.1. The van der Waals surface area contributed by atoms with Crippen LogP contribution in [-0.2, 0) is 4.74 Å². The second-order valence-electron chi connectivity index (χ2n) is 8.44. The lowest BCUT2D eigenvalue weighted by Gasteiger charge is -2.33. The molecule has 1 saturated heterocycles. The van der Waals surface area contributed by atoms with E-state index in [-0.39, 0.29) is 17.5 Å². The number of carboxylic acid groups (broad SMARTS) is 1. The highest BCUT2D eigenvalue weighted by Gasteiger charge is 2.29. The molecule has 2 N–H and O–H groups in total. The fourth-order valence-electron chi connectivity index (χ4n) is 4.78. The number of hydrogen-bond acceptors (Lipinski definition) is 5. The molecule has 33 heavy (non-hydrogen) atoms. The number of benzene rings is 2. The van der Waals surface area contributed by atoms with E-state index in [4.69, 9.17) is 4.74 Å². The van der Waals surface area contributed by atoms with Crippen LogP contribution >= 0.6 is 0 Å². The van der Waals surface area contributed by atoms with E-state index in [9.17, 15) is 14.7 Å². The molecule has 0 atom stereocenters. The van der Waals surface area contributed by atoms with E-state index in [1.54, 1.807) is 6.07 Å². The normalized spacial score (nSPS) is 15.6. The van der Waals surface area contributed by atoms with E-state index in [1.807, 2.05) is 29.2 Å². The number of rotatable bonds is 5. The number of amides is 1. The number of nitrogens with one attached hydrogen (secondary N) is 1. The van der Waals surface area contributed by atoms with Crippen LogP contribution in [0, 0.1) is 0 Å². The zero-order valence-corrected chi connectivity index (χ0v) is 18.1. The van der Waals surface area contributed by atoms with Crippen molar-refractivity contribution in [3.8, 4) is 11.1 Å². The van der Waals surface area contributed by atoms with Crippen LogP contribution in [0.3, 0.4) is 0 Å². The van der Waals surface area contributed by atoms with Crippen molar-refractivity contribution in [2.45, 2.75) is 24.8 Å². The number of nitrogens with zero attached hydrogens (tertiary/aromatic N) is 2. The molecule has 168 valence electrons. The molecule has 2 aromatic carbocycles. The number of pyridine rings is 1. The van der Waals surface area contributed by atoms with Gasteiger partial charge in [-0.05, 0) is 47.2 Å². The first kappa shape index (κ1) is 21.0. The van der Waals surface area contributed by atoms with Gasteiger partial charge in [0.15, 0.2) is 0 Å². The minimum atomic E-state index is -0.967. The first-order valence-corrected chi connectivity index (χ1v) is 11.2.